The summed E-state index contributed by atoms with van der Waals surface area (Å²) in [6, 6.07) is 8.17. The van der Waals surface area contributed by atoms with Gasteiger partial charge in [-0.2, -0.15) is 0 Å². The van der Waals surface area contributed by atoms with Crippen molar-refractivity contribution >= 4 is 5.96 Å². The quantitative estimate of drug-likeness (QED) is 0.615. The maximum Gasteiger partial charge on any atom is 0.194 e. The van der Waals surface area contributed by atoms with Crippen LogP contribution in [0, 0.1) is 0 Å². The summed E-state index contributed by atoms with van der Waals surface area (Å²) < 4.78 is 11.3. The number of aliphatic imine (C=N–C) groups is 1. The molecule has 5 nitrogen and oxygen atoms in total. The molecule has 134 valence electrons. The Kier molecular flexibility index (Phi) is 7.89. The molecule has 0 unspecified atom stereocenters. The van der Waals surface area contributed by atoms with E-state index < -0.39 is 0 Å². The minimum atomic E-state index is 0.400. The van der Waals surface area contributed by atoms with E-state index in [0.29, 0.717) is 19.3 Å². The lowest BCUT2D eigenvalue weighted by Crippen LogP contribution is -2.47. The third-order valence-electron chi connectivity index (χ3n) is 4.10. The van der Waals surface area contributed by atoms with Gasteiger partial charge in [-0.3, -0.25) is 0 Å². The first kappa shape index (κ1) is 18.6. The Morgan fingerprint density at radius 1 is 1.21 bits per heavy atom. The summed E-state index contributed by atoms with van der Waals surface area (Å²) >= 11 is 0. The lowest BCUT2D eigenvalue weighted by Gasteiger charge is -2.34. The number of rotatable bonds is 7. The second-order valence-electron chi connectivity index (χ2n) is 5.89. The molecule has 1 saturated heterocycles. The summed E-state index contributed by atoms with van der Waals surface area (Å²) in [7, 11) is 0. The van der Waals surface area contributed by atoms with Gasteiger partial charge in [-0.05, 0) is 51.3 Å². The number of piperidine rings is 1. The smallest absolute Gasteiger partial charge is 0.194 e. The van der Waals surface area contributed by atoms with Crippen molar-refractivity contribution < 1.29 is 9.47 Å². The van der Waals surface area contributed by atoms with E-state index in [1.54, 1.807) is 0 Å². The maximum absolute atomic E-state index is 5.74. The molecule has 0 bridgehead atoms. The van der Waals surface area contributed by atoms with Crippen LogP contribution in [0.4, 0.5) is 0 Å². The first-order valence-corrected chi connectivity index (χ1v) is 9.13. The molecule has 1 aliphatic rings. The third-order valence-corrected chi connectivity index (χ3v) is 4.10. The summed E-state index contributed by atoms with van der Waals surface area (Å²) in [5, 5.41) is 3.41. The van der Waals surface area contributed by atoms with Crippen LogP contribution in [-0.4, -0.2) is 49.8 Å². The van der Waals surface area contributed by atoms with E-state index in [1.165, 1.54) is 5.56 Å². The van der Waals surface area contributed by atoms with Crippen molar-refractivity contribution in [2.45, 2.75) is 46.3 Å². The van der Waals surface area contributed by atoms with E-state index in [1.807, 2.05) is 19.1 Å². The predicted octanol–water partition coefficient (Wildman–Crippen LogP) is 3.05. The standard InChI is InChI=1S/C19H31N3O2/c1-4-20-19(22-12-10-17(11-13-22)23-5-2)21-15-16-8-7-9-18(14-16)24-6-3/h7-9,14,17H,4-6,10-13,15H2,1-3H3,(H,20,21). The number of ether oxygens (including phenoxy) is 2. The Balaban J connectivity index is 1.97. The van der Waals surface area contributed by atoms with Gasteiger partial charge in [0.05, 0.1) is 19.3 Å². The van der Waals surface area contributed by atoms with E-state index in [2.05, 4.69) is 36.2 Å². The molecule has 1 N–H and O–H groups in total. The molecule has 0 spiro atoms. The normalized spacial score (nSPS) is 16.3. The number of benzene rings is 1. The molecule has 1 aliphatic heterocycles. The average Bonchev–Trinajstić information content (AvgIpc) is 2.60. The second kappa shape index (κ2) is 10.2. The fourth-order valence-electron chi connectivity index (χ4n) is 2.96. The molecule has 0 saturated carbocycles. The van der Waals surface area contributed by atoms with E-state index in [-0.39, 0.29) is 0 Å². The summed E-state index contributed by atoms with van der Waals surface area (Å²) in [4.78, 5) is 7.15. The molecule has 1 fully saturated rings. The molecular weight excluding hydrogens is 302 g/mol. The van der Waals surface area contributed by atoms with Crippen LogP contribution in [0.15, 0.2) is 29.3 Å². The molecule has 1 aromatic carbocycles. The first-order valence-electron chi connectivity index (χ1n) is 9.13. The van der Waals surface area contributed by atoms with Crippen molar-refractivity contribution in [1.82, 2.24) is 10.2 Å². The van der Waals surface area contributed by atoms with Gasteiger partial charge < -0.3 is 19.7 Å². The first-order chi connectivity index (χ1) is 11.8. The third kappa shape index (κ3) is 5.71. The number of nitrogens with zero attached hydrogens (tertiary/aromatic N) is 2. The van der Waals surface area contributed by atoms with Gasteiger partial charge >= 0.3 is 0 Å². The molecule has 0 amide bonds. The summed E-state index contributed by atoms with van der Waals surface area (Å²) in [6.45, 7) is 11.2. The predicted molar refractivity (Wildman–Crippen MR) is 98.6 cm³/mol. The van der Waals surface area contributed by atoms with E-state index in [0.717, 1.165) is 50.8 Å². The number of hydrogen-bond acceptors (Lipinski definition) is 3. The zero-order valence-electron chi connectivity index (χ0n) is 15.3. The van der Waals surface area contributed by atoms with Crippen molar-refractivity contribution in [2.24, 2.45) is 4.99 Å². The van der Waals surface area contributed by atoms with Crippen LogP contribution in [0.25, 0.3) is 0 Å². The Morgan fingerprint density at radius 3 is 2.67 bits per heavy atom. The zero-order chi connectivity index (χ0) is 17.2. The van der Waals surface area contributed by atoms with Crippen molar-refractivity contribution in [3.05, 3.63) is 29.8 Å². The van der Waals surface area contributed by atoms with Gasteiger partial charge in [0, 0.05) is 26.2 Å². The number of likely N-dealkylation sites (tertiary alicyclic amines) is 1. The molecule has 0 aromatic heterocycles. The highest BCUT2D eigenvalue weighted by Crippen LogP contribution is 2.16. The van der Waals surface area contributed by atoms with Crippen LogP contribution in [0.2, 0.25) is 0 Å². The van der Waals surface area contributed by atoms with Crippen LogP contribution < -0.4 is 10.1 Å². The van der Waals surface area contributed by atoms with E-state index in [9.17, 15) is 0 Å². The van der Waals surface area contributed by atoms with Crippen LogP contribution in [-0.2, 0) is 11.3 Å². The van der Waals surface area contributed by atoms with E-state index in [4.69, 9.17) is 14.5 Å². The Labute approximate surface area is 146 Å². The number of hydrogen-bond donors (Lipinski definition) is 1. The van der Waals surface area contributed by atoms with Crippen molar-refractivity contribution in [2.75, 3.05) is 32.8 Å². The van der Waals surface area contributed by atoms with Crippen molar-refractivity contribution in [3.8, 4) is 5.75 Å². The Morgan fingerprint density at radius 2 is 2.00 bits per heavy atom. The topological polar surface area (TPSA) is 46.1 Å². The van der Waals surface area contributed by atoms with Gasteiger partial charge in [0.15, 0.2) is 5.96 Å². The Hall–Kier alpha value is -1.75. The molecule has 1 aromatic rings. The van der Waals surface area contributed by atoms with Gasteiger partial charge in [-0.15, -0.1) is 0 Å². The Bertz CT molecular complexity index is 511. The van der Waals surface area contributed by atoms with E-state index >= 15 is 0 Å². The zero-order valence-corrected chi connectivity index (χ0v) is 15.3. The van der Waals surface area contributed by atoms with Crippen molar-refractivity contribution in [3.63, 3.8) is 0 Å². The van der Waals surface area contributed by atoms with Gasteiger partial charge in [-0.1, -0.05) is 12.1 Å². The summed E-state index contributed by atoms with van der Waals surface area (Å²) in [6.07, 6.45) is 2.54. The van der Waals surface area contributed by atoms with Gasteiger partial charge in [-0.25, -0.2) is 4.99 Å². The van der Waals surface area contributed by atoms with Crippen LogP contribution >= 0.6 is 0 Å². The minimum absolute atomic E-state index is 0.400. The highest BCUT2D eigenvalue weighted by atomic mass is 16.5. The largest absolute Gasteiger partial charge is 0.494 e. The van der Waals surface area contributed by atoms with Crippen LogP contribution in [0.3, 0.4) is 0 Å². The molecule has 0 radical (unpaired) electrons. The summed E-state index contributed by atoms with van der Waals surface area (Å²) in [5.74, 6) is 1.90. The highest BCUT2D eigenvalue weighted by Gasteiger charge is 2.21. The molecule has 2 rings (SSSR count). The lowest BCUT2D eigenvalue weighted by molar-refractivity contribution is 0.0263. The molecule has 0 atom stereocenters. The summed E-state index contributed by atoms with van der Waals surface area (Å²) in [5.41, 5.74) is 1.17. The molecule has 1 heterocycles. The monoisotopic (exact) mass is 333 g/mol. The maximum atomic E-state index is 5.74. The average molecular weight is 333 g/mol. The van der Waals surface area contributed by atoms with Crippen LogP contribution in [0.1, 0.15) is 39.2 Å². The lowest BCUT2D eigenvalue weighted by atomic mass is 10.1. The number of nitrogens with one attached hydrogen (secondary N) is 1. The minimum Gasteiger partial charge on any atom is -0.494 e. The molecule has 24 heavy (non-hydrogen) atoms. The SMILES string of the molecule is CCNC(=NCc1cccc(OCC)c1)N1CCC(OCC)CC1. The van der Waals surface area contributed by atoms with Gasteiger partial charge in [0.1, 0.15) is 5.75 Å². The van der Waals surface area contributed by atoms with Gasteiger partial charge in [0.25, 0.3) is 0 Å². The molecule has 0 aliphatic carbocycles. The molecular formula is C19H31N3O2. The fourth-order valence-corrected chi connectivity index (χ4v) is 2.96. The fraction of sp³-hybridized carbons (Fsp3) is 0.632. The van der Waals surface area contributed by atoms with Crippen molar-refractivity contribution in [1.29, 1.82) is 0 Å². The number of guanidine groups is 1. The second-order valence-corrected chi connectivity index (χ2v) is 5.89. The van der Waals surface area contributed by atoms with Crippen LogP contribution in [0.5, 0.6) is 5.75 Å². The van der Waals surface area contributed by atoms with Gasteiger partial charge in [0.2, 0.25) is 0 Å². The highest BCUT2D eigenvalue weighted by molar-refractivity contribution is 5.80. The molecule has 5 heteroatoms.